The molecule has 0 aliphatic carbocycles. The molecule has 0 spiro atoms. The van der Waals surface area contributed by atoms with E-state index in [2.05, 4.69) is 27.2 Å². The minimum Gasteiger partial charge on any atom is -0.332 e. The lowest BCUT2D eigenvalue weighted by Gasteiger charge is -2.24. The third kappa shape index (κ3) is 2.82. The molecule has 0 N–H and O–H groups in total. The number of hydrogen-bond acceptors (Lipinski definition) is 3. The summed E-state index contributed by atoms with van der Waals surface area (Å²) in [6, 6.07) is 14.1. The topological polar surface area (TPSA) is 38.9 Å². The molecule has 2 heterocycles. The maximum atomic E-state index is 4.26. The van der Waals surface area contributed by atoms with Crippen LogP contribution in [0, 0.1) is 0 Å². The lowest BCUT2D eigenvalue weighted by molar-refractivity contribution is 0.499. The summed E-state index contributed by atoms with van der Waals surface area (Å²) in [5.41, 5.74) is 1.15. The lowest BCUT2D eigenvalue weighted by Crippen LogP contribution is -2.29. The molecule has 1 aromatic carbocycles. The SMILES string of the molecule is c1ccc(N(Cn2cccn2)Cn2cccn2)cc1. The van der Waals surface area contributed by atoms with E-state index in [-0.39, 0.29) is 0 Å². The summed E-state index contributed by atoms with van der Waals surface area (Å²) >= 11 is 0. The van der Waals surface area contributed by atoms with E-state index in [1.54, 1.807) is 12.4 Å². The number of nitrogens with zero attached hydrogens (tertiary/aromatic N) is 5. The second kappa shape index (κ2) is 5.39. The van der Waals surface area contributed by atoms with E-state index < -0.39 is 0 Å². The van der Waals surface area contributed by atoms with E-state index in [1.807, 2.05) is 52.1 Å². The largest absolute Gasteiger partial charge is 0.332 e. The van der Waals surface area contributed by atoms with Crippen molar-refractivity contribution in [2.45, 2.75) is 13.3 Å². The highest BCUT2D eigenvalue weighted by Crippen LogP contribution is 2.14. The van der Waals surface area contributed by atoms with Crippen molar-refractivity contribution in [2.75, 3.05) is 4.90 Å². The Morgan fingerprint density at radius 2 is 1.37 bits per heavy atom. The quantitative estimate of drug-likeness (QED) is 0.699. The first-order valence-electron chi connectivity index (χ1n) is 6.17. The zero-order valence-electron chi connectivity index (χ0n) is 10.5. The van der Waals surface area contributed by atoms with Crippen LogP contribution in [0.3, 0.4) is 0 Å². The number of anilines is 1. The average Bonchev–Trinajstić information content (AvgIpc) is 3.12. The Hall–Kier alpha value is -2.56. The average molecular weight is 253 g/mol. The second-order valence-electron chi connectivity index (χ2n) is 4.25. The molecule has 3 rings (SSSR count). The summed E-state index contributed by atoms with van der Waals surface area (Å²) in [5, 5.41) is 8.51. The Morgan fingerprint density at radius 3 is 1.84 bits per heavy atom. The van der Waals surface area contributed by atoms with E-state index in [0.29, 0.717) is 13.3 Å². The van der Waals surface area contributed by atoms with Crippen LogP contribution in [0.1, 0.15) is 0 Å². The van der Waals surface area contributed by atoms with Crippen LogP contribution < -0.4 is 4.90 Å². The summed E-state index contributed by atoms with van der Waals surface area (Å²) in [6.07, 6.45) is 7.49. The van der Waals surface area contributed by atoms with Crippen LogP contribution >= 0.6 is 0 Å². The standard InChI is InChI=1S/C14H15N5/c1-2-6-14(7-3-1)17(12-18-10-4-8-15-18)13-19-11-5-9-16-19/h1-11H,12-13H2. The van der Waals surface area contributed by atoms with Gasteiger partial charge in [-0.15, -0.1) is 0 Å². The Balaban J connectivity index is 1.83. The van der Waals surface area contributed by atoms with Gasteiger partial charge < -0.3 is 4.90 Å². The molecule has 0 atom stereocenters. The van der Waals surface area contributed by atoms with Gasteiger partial charge in [0.05, 0.1) is 0 Å². The molecule has 96 valence electrons. The van der Waals surface area contributed by atoms with Crippen molar-refractivity contribution in [2.24, 2.45) is 0 Å². The Kier molecular flexibility index (Phi) is 3.27. The van der Waals surface area contributed by atoms with Gasteiger partial charge in [0.15, 0.2) is 0 Å². The van der Waals surface area contributed by atoms with Gasteiger partial charge in [0.2, 0.25) is 0 Å². The van der Waals surface area contributed by atoms with Crippen molar-refractivity contribution in [3.05, 3.63) is 67.3 Å². The fraction of sp³-hybridized carbons (Fsp3) is 0.143. The molecule has 0 radical (unpaired) electrons. The molecular formula is C14H15N5. The first kappa shape index (κ1) is 11.5. The summed E-state index contributed by atoms with van der Waals surface area (Å²) in [4.78, 5) is 2.21. The summed E-state index contributed by atoms with van der Waals surface area (Å²) in [5.74, 6) is 0. The van der Waals surface area contributed by atoms with Crippen LogP contribution in [0.2, 0.25) is 0 Å². The van der Waals surface area contributed by atoms with Crippen molar-refractivity contribution < 1.29 is 0 Å². The molecule has 5 heteroatoms. The Bertz CT molecular complexity index is 550. The van der Waals surface area contributed by atoms with Gasteiger partial charge in [0.1, 0.15) is 13.3 Å². The van der Waals surface area contributed by atoms with Crippen LogP contribution in [0.5, 0.6) is 0 Å². The number of hydrogen-bond donors (Lipinski definition) is 0. The fourth-order valence-corrected chi connectivity index (χ4v) is 1.96. The second-order valence-corrected chi connectivity index (χ2v) is 4.25. The van der Waals surface area contributed by atoms with Gasteiger partial charge in [0.25, 0.3) is 0 Å². The molecule has 5 nitrogen and oxygen atoms in total. The zero-order chi connectivity index (χ0) is 12.9. The Labute approximate surface area is 111 Å². The monoisotopic (exact) mass is 253 g/mol. The zero-order valence-corrected chi connectivity index (χ0v) is 10.5. The first-order valence-corrected chi connectivity index (χ1v) is 6.17. The molecule has 0 saturated heterocycles. The van der Waals surface area contributed by atoms with Gasteiger partial charge in [-0.25, -0.2) is 0 Å². The van der Waals surface area contributed by atoms with Crippen LogP contribution in [-0.2, 0) is 13.3 Å². The third-order valence-corrected chi connectivity index (χ3v) is 2.87. The molecule has 0 saturated carbocycles. The van der Waals surface area contributed by atoms with Crippen molar-refractivity contribution in [1.29, 1.82) is 0 Å². The normalized spacial score (nSPS) is 10.5. The van der Waals surface area contributed by atoms with Gasteiger partial charge in [-0.3, -0.25) is 9.36 Å². The van der Waals surface area contributed by atoms with Crippen LogP contribution in [0.25, 0.3) is 0 Å². The van der Waals surface area contributed by atoms with E-state index in [9.17, 15) is 0 Å². The Morgan fingerprint density at radius 1 is 0.789 bits per heavy atom. The maximum Gasteiger partial charge on any atom is 0.113 e. The highest BCUT2D eigenvalue weighted by molar-refractivity contribution is 5.44. The number of aromatic nitrogens is 4. The van der Waals surface area contributed by atoms with Crippen LogP contribution in [0.4, 0.5) is 5.69 Å². The predicted octanol–water partition coefficient (Wildman–Crippen LogP) is 2.20. The van der Waals surface area contributed by atoms with E-state index in [0.717, 1.165) is 5.69 Å². The van der Waals surface area contributed by atoms with Crippen molar-refractivity contribution in [1.82, 2.24) is 19.6 Å². The van der Waals surface area contributed by atoms with Crippen molar-refractivity contribution in [3.63, 3.8) is 0 Å². The van der Waals surface area contributed by atoms with Gasteiger partial charge in [-0.05, 0) is 24.3 Å². The predicted molar refractivity (Wildman–Crippen MR) is 73.4 cm³/mol. The summed E-state index contributed by atoms with van der Waals surface area (Å²) < 4.78 is 3.80. The van der Waals surface area contributed by atoms with Gasteiger partial charge in [-0.1, -0.05) is 18.2 Å². The van der Waals surface area contributed by atoms with Gasteiger partial charge in [-0.2, -0.15) is 10.2 Å². The smallest absolute Gasteiger partial charge is 0.113 e. The molecule has 0 fully saturated rings. The summed E-state index contributed by atoms with van der Waals surface area (Å²) in [6.45, 7) is 1.38. The number of benzene rings is 1. The van der Waals surface area contributed by atoms with Crippen molar-refractivity contribution in [3.8, 4) is 0 Å². The van der Waals surface area contributed by atoms with Crippen LogP contribution in [0.15, 0.2) is 67.3 Å². The number of rotatable bonds is 5. The molecular weight excluding hydrogens is 238 g/mol. The maximum absolute atomic E-state index is 4.26. The molecule has 0 unspecified atom stereocenters. The molecule has 0 amide bonds. The van der Waals surface area contributed by atoms with Crippen LogP contribution in [-0.4, -0.2) is 19.6 Å². The highest BCUT2D eigenvalue weighted by atomic mass is 15.4. The lowest BCUT2D eigenvalue weighted by atomic mass is 10.3. The van der Waals surface area contributed by atoms with Crippen molar-refractivity contribution >= 4 is 5.69 Å². The summed E-state index contributed by atoms with van der Waals surface area (Å²) in [7, 11) is 0. The van der Waals surface area contributed by atoms with Gasteiger partial charge >= 0.3 is 0 Å². The molecule has 0 aliphatic heterocycles. The minimum atomic E-state index is 0.691. The fourth-order valence-electron chi connectivity index (χ4n) is 1.96. The van der Waals surface area contributed by atoms with E-state index >= 15 is 0 Å². The first-order chi connectivity index (χ1) is 9.42. The highest BCUT2D eigenvalue weighted by Gasteiger charge is 2.07. The molecule has 2 aromatic heterocycles. The van der Waals surface area contributed by atoms with E-state index in [1.165, 1.54) is 0 Å². The minimum absolute atomic E-state index is 0.691. The van der Waals surface area contributed by atoms with Gasteiger partial charge in [0, 0.05) is 30.5 Å². The third-order valence-electron chi connectivity index (χ3n) is 2.87. The molecule has 19 heavy (non-hydrogen) atoms. The molecule has 3 aromatic rings. The molecule has 0 bridgehead atoms. The molecule has 0 aliphatic rings. The van der Waals surface area contributed by atoms with E-state index in [4.69, 9.17) is 0 Å². The number of para-hydroxylation sites is 1.